The van der Waals surface area contributed by atoms with E-state index in [2.05, 4.69) is 0 Å². The molecule has 2 saturated heterocycles. The van der Waals surface area contributed by atoms with Crippen molar-refractivity contribution in [3.63, 3.8) is 0 Å². The first-order chi connectivity index (χ1) is 19.9. The predicted octanol–water partition coefficient (Wildman–Crippen LogP) is 4.01. The zero-order chi connectivity index (χ0) is 28.7. The summed E-state index contributed by atoms with van der Waals surface area (Å²) in [7, 11) is 0. The van der Waals surface area contributed by atoms with E-state index in [1.165, 1.54) is 4.90 Å². The Balaban J connectivity index is 1.48. The molecule has 0 aromatic heterocycles. The highest BCUT2D eigenvalue weighted by Gasteiger charge is 2.72. The van der Waals surface area contributed by atoms with Gasteiger partial charge in [-0.3, -0.25) is 14.4 Å². The van der Waals surface area contributed by atoms with E-state index in [0.717, 1.165) is 30.0 Å². The highest BCUT2D eigenvalue weighted by molar-refractivity contribution is 6.06. The van der Waals surface area contributed by atoms with Crippen molar-refractivity contribution in [3.8, 4) is 0 Å². The zero-order valence-electron chi connectivity index (χ0n) is 23.6. The monoisotopic (exact) mass is 558 g/mol. The molecule has 4 heterocycles. The average molecular weight is 559 g/mol. The van der Waals surface area contributed by atoms with Crippen molar-refractivity contribution in [2.75, 3.05) is 24.7 Å². The first-order valence-electron chi connectivity index (χ1n) is 14.8. The number of cyclic esters (lactones) is 1. The van der Waals surface area contributed by atoms with Gasteiger partial charge in [0.1, 0.15) is 17.6 Å². The summed E-state index contributed by atoms with van der Waals surface area (Å²) in [4.78, 5) is 45.9. The summed E-state index contributed by atoms with van der Waals surface area (Å²) >= 11 is 0. The van der Waals surface area contributed by atoms with E-state index in [1.807, 2.05) is 80.6 Å². The predicted molar refractivity (Wildman–Crippen MR) is 155 cm³/mol. The highest BCUT2D eigenvalue weighted by atomic mass is 16.6. The molecule has 1 unspecified atom stereocenters. The summed E-state index contributed by atoms with van der Waals surface area (Å²) in [6, 6.07) is 12.2. The van der Waals surface area contributed by atoms with E-state index in [0.29, 0.717) is 12.1 Å². The lowest BCUT2D eigenvalue weighted by atomic mass is 9.78. The van der Waals surface area contributed by atoms with Crippen molar-refractivity contribution >= 4 is 34.2 Å². The molecule has 0 bridgehead atoms. The normalized spacial score (nSPS) is 32.1. The van der Waals surface area contributed by atoms with Crippen LogP contribution in [0, 0.1) is 17.8 Å². The van der Waals surface area contributed by atoms with Gasteiger partial charge in [-0.05, 0) is 48.1 Å². The smallest absolute Gasteiger partial charge is 0.312 e. The van der Waals surface area contributed by atoms with E-state index in [4.69, 9.17) is 9.47 Å². The molecular weight excluding hydrogens is 520 g/mol. The molecule has 1 spiro atoms. The second-order valence-electron chi connectivity index (χ2n) is 11.7. The van der Waals surface area contributed by atoms with Crippen LogP contribution in [0.4, 0.5) is 5.69 Å². The number of ether oxygens (including phenoxy) is 2. The van der Waals surface area contributed by atoms with Gasteiger partial charge in [0.05, 0.1) is 31.3 Å². The van der Waals surface area contributed by atoms with Crippen LogP contribution in [0.5, 0.6) is 0 Å². The quantitative estimate of drug-likeness (QED) is 0.440. The van der Waals surface area contributed by atoms with Crippen molar-refractivity contribution in [1.82, 2.24) is 4.90 Å². The number of hydrogen-bond acceptors (Lipinski definition) is 6. The van der Waals surface area contributed by atoms with Gasteiger partial charge in [-0.15, -0.1) is 0 Å². The van der Waals surface area contributed by atoms with Crippen molar-refractivity contribution in [3.05, 3.63) is 66.8 Å². The SMILES string of the molecule is CC[C@H](C)[C@H](CO)N1C(=O)[C@@H]2[C@@H]3C(=O)OCCCC/C=C\[C@@H]3O[C@@]23C=CCN(c2ccc4ccccc4c2)C(=O)C13. The molecule has 2 aromatic carbocycles. The zero-order valence-corrected chi connectivity index (χ0v) is 23.6. The van der Waals surface area contributed by atoms with Gasteiger partial charge in [-0.25, -0.2) is 0 Å². The number of aliphatic hydroxyl groups excluding tert-OH is 1. The van der Waals surface area contributed by atoms with E-state index in [9.17, 15) is 19.5 Å². The van der Waals surface area contributed by atoms with Crippen LogP contribution >= 0.6 is 0 Å². The minimum Gasteiger partial charge on any atom is -0.465 e. The third-order valence-corrected chi connectivity index (χ3v) is 9.43. The van der Waals surface area contributed by atoms with Crippen LogP contribution in [0.3, 0.4) is 0 Å². The largest absolute Gasteiger partial charge is 0.465 e. The van der Waals surface area contributed by atoms with Crippen molar-refractivity contribution < 1.29 is 29.0 Å². The minimum atomic E-state index is -1.37. The molecule has 41 heavy (non-hydrogen) atoms. The number of esters is 1. The molecule has 7 atom stereocenters. The molecule has 0 aliphatic carbocycles. The van der Waals surface area contributed by atoms with E-state index in [1.54, 1.807) is 4.90 Å². The number of rotatable bonds is 5. The Bertz CT molecular complexity index is 1400. The molecule has 4 aliphatic heterocycles. The van der Waals surface area contributed by atoms with Gasteiger partial charge in [0.25, 0.3) is 5.91 Å². The maximum absolute atomic E-state index is 14.7. The maximum Gasteiger partial charge on any atom is 0.312 e. The number of hydrogen-bond donors (Lipinski definition) is 1. The first-order valence-corrected chi connectivity index (χ1v) is 14.8. The van der Waals surface area contributed by atoms with Crippen molar-refractivity contribution in [1.29, 1.82) is 0 Å². The molecule has 0 saturated carbocycles. The number of anilines is 1. The molecule has 6 rings (SSSR count). The minimum absolute atomic E-state index is 0.0827. The number of allylic oxidation sites excluding steroid dienone is 1. The molecule has 4 aliphatic rings. The molecule has 216 valence electrons. The maximum atomic E-state index is 14.7. The van der Waals surface area contributed by atoms with E-state index in [-0.39, 0.29) is 37.5 Å². The molecule has 2 amide bonds. The number of likely N-dealkylation sites (tertiary alicyclic amines) is 1. The molecule has 8 heteroatoms. The van der Waals surface area contributed by atoms with Crippen LogP contribution in [-0.2, 0) is 23.9 Å². The van der Waals surface area contributed by atoms with Crippen LogP contribution in [0.15, 0.2) is 66.8 Å². The number of aliphatic hydroxyl groups is 1. The third kappa shape index (κ3) is 4.48. The van der Waals surface area contributed by atoms with Gasteiger partial charge in [-0.2, -0.15) is 0 Å². The Hall–Kier alpha value is -3.49. The highest BCUT2D eigenvalue weighted by Crippen LogP contribution is 2.54. The molecule has 8 nitrogen and oxygen atoms in total. The fourth-order valence-electron chi connectivity index (χ4n) is 7.10. The summed E-state index contributed by atoms with van der Waals surface area (Å²) in [6.07, 6.45) is 10.0. The lowest BCUT2D eigenvalue weighted by molar-refractivity contribution is -0.155. The Kier molecular flexibility index (Phi) is 7.47. The summed E-state index contributed by atoms with van der Waals surface area (Å²) in [5, 5.41) is 12.6. The Morgan fingerprint density at radius 2 is 1.85 bits per heavy atom. The Morgan fingerprint density at radius 3 is 2.63 bits per heavy atom. The number of benzene rings is 2. The van der Waals surface area contributed by atoms with Gasteiger partial charge < -0.3 is 24.4 Å². The standard InChI is InChI=1S/C33H38N2O6/c1-3-21(2)25(20-36)35-29-31(38)34(24-15-14-22-11-7-8-12-23(22)19-24)17-10-16-33(29)28(30(35)37)27-26(41-33)13-6-4-5-9-18-40-32(27)39/h6-8,10-16,19,21,25-29,36H,3-5,9,17-18,20H2,1-2H3/b13-6-/t21-,25-,26-,27+,28-,29?,33-/m0/s1. The van der Waals surface area contributed by atoms with Crippen LogP contribution in [0.1, 0.15) is 39.5 Å². The number of fused-ring (bicyclic) bond motifs is 3. The number of nitrogens with zero attached hydrogens (tertiary/aromatic N) is 2. The van der Waals surface area contributed by atoms with E-state index < -0.39 is 41.6 Å². The lowest BCUT2D eigenvalue weighted by Crippen LogP contribution is -2.59. The van der Waals surface area contributed by atoms with Gasteiger partial charge >= 0.3 is 5.97 Å². The van der Waals surface area contributed by atoms with Crippen LogP contribution < -0.4 is 4.90 Å². The van der Waals surface area contributed by atoms with Crippen LogP contribution in [-0.4, -0.2) is 71.3 Å². The Labute approximate surface area is 240 Å². The molecular formula is C33H38N2O6. The molecule has 2 fully saturated rings. The van der Waals surface area contributed by atoms with Crippen molar-refractivity contribution in [2.45, 2.75) is 63.3 Å². The summed E-state index contributed by atoms with van der Waals surface area (Å²) in [5.41, 5.74) is -0.653. The van der Waals surface area contributed by atoms with Crippen molar-refractivity contribution in [2.24, 2.45) is 17.8 Å². The second-order valence-corrected chi connectivity index (χ2v) is 11.7. The fraction of sp³-hybridized carbons (Fsp3) is 0.485. The molecule has 0 radical (unpaired) electrons. The van der Waals surface area contributed by atoms with Gasteiger partial charge in [0, 0.05) is 12.2 Å². The summed E-state index contributed by atoms with van der Waals surface area (Å²) < 4.78 is 12.4. The second kappa shape index (κ2) is 11.1. The van der Waals surface area contributed by atoms with Crippen LogP contribution in [0.2, 0.25) is 0 Å². The summed E-state index contributed by atoms with van der Waals surface area (Å²) in [6.45, 7) is 4.24. The summed E-state index contributed by atoms with van der Waals surface area (Å²) in [5.74, 6) is -3.01. The van der Waals surface area contributed by atoms with Gasteiger partial charge in [-0.1, -0.05) is 74.9 Å². The van der Waals surface area contributed by atoms with E-state index >= 15 is 0 Å². The average Bonchev–Trinajstić information content (AvgIpc) is 3.37. The Morgan fingerprint density at radius 1 is 1.05 bits per heavy atom. The van der Waals surface area contributed by atoms with Crippen LogP contribution in [0.25, 0.3) is 10.8 Å². The number of carbonyl (C=O) groups excluding carboxylic acids is 3. The number of carbonyl (C=O) groups is 3. The fourth-order valence-corrected chi connectivity index (χ4v) is 7.10. The first kappa shape index (κ1) is 27.7. The molecule has 2 aromatic rings. The third-order valence-electron chi connectivity index (χ3n) is 9.43. The number of amides is 2. The topological polar surface area (TPSA) is 96.4 Å². The lowest BCUT2D eigenvalue weighted by Gasteiger charge is -2.40. The van der Waals surface area contributed by atoms with Gasteiger partial charge in [0.2, 0.25) is 5.91 Å². The van der Waals surface area contributed by atoms with Gasteiger partial charge in [0.15, 0.2) is 0 Å². The molecule has 1 N–H and O–H groups in total.